The second kappa shape index (κ2) is 9.21. The van der Waals surface area contributed by atoms with E-state index in [2.05, 4.69) is 24.3 Å². The Balaban J connectivity index is 1.20. The number of piperidine rings is 2. The number of halogens is 3. The lowest BCUT2D eigenvalue weighted by molar-refractivity contribution is -0.0892. The molecule has 3 aromatic carbocycles. The predicted octanol–water partition coefficient (Wildman–Crippen LogP) is 6.92. The van der Waals surface area contributed by atoms with E-state index in [1.807, 2.05) is 24.3 Å². The van der Waals surface area contributed by atoms with Crippen molar-refractivity contribution in [3.8, 4) is 11.1 Å². The standard InChI is InChI=1S/C30H28F3NO3/c31-27-14-18(12-13-25(27)28(32)33)30(36)15-19-6-5-7-20(16-30)34(19)29(35)37-17-26-23-10-3-1-8-21(23)22-9-2-4-11-24(22)26/h1-4,8-14,19-20,26,28,36H,5-7,15-17H2. The molecule has 1 aliphatic carbocycles. The third-order valence-corrected chi connectivity index (χ3v) is 8.33. The van der Waals surface area contributed by atoms with Crippen LogP contribution in [-0.2, 0) is 10.3 Å². The third kappa shape index (κ3) is 4.09. The Morgan fingerprint density at radius 2 is 1.57 bits per heavy atom. The van der Waals surface area contributed by atoms with Crippen LogP contribution >= 0.6 is 0 Å². The number of ether oxygens (including phenoxy) is 1. The van der Waals surface area contributed by atoms with E-state index in [1.54, 1.807) is 4.90 Å². The summed E-state index contributed by atoms with van der Waals surface area (Å²) in [6.07, 6.45) is -0.600. The fourth-order valence-electron chi connectivity index (χ4n) is 6.63. The van der Waals surface area contributed by atoms with Gasteiger partial charge in [0.05, 0.1) is 11.2 Å². The van der Waals surface area contributed by atoms with Crippen LogP contribution < -0.4 is 0 Å². The van der Waals surface area contributed by atoms with Gasteiger partial charge in [-0.2, -0.15) is 0 Å². The molecule has 0 spiro atoms. The van der Waals surface area contributed by atoms with Crippen LogP contribution in [0.5, 0.6) is 0 Å². The molecule has 6 rings (SSSR count). The van der Waals surface area contributed by atoms with E-state index in [1.165, 1.54) is 6.07 Å². The minimum Gasteiger partial charge on any atom is -0.448 e. The van der Waals surface area contributed by atoms with Crippen LogP contribution in [-0.4, -0.2) is 34.8 Å². The zero-order chi connectivity index (χ0) is 25.7. The summed E-state index contributed by atoms with van der Waals surface area (Å²) >= 11 is 0. The molecular weight excluding hydrogens is 479 g/mol. The molecule has 2 atom stereocenters. The molecule has 7 heteroatoms. The first-order valence-corrected chi connectivity index (χ1v) is 12.8. The van der Waals surface area contributed by atoms with Crippen LogP contribution in [0.3, 0.4) is 0 Å². The molecule has 0 aromatic heterocycles. The third-order valence-electron chi connectivity index (χ3n) is 8.33. The van der Waals surface area contributed by atoms with Crippen molar-refractivity contribution in [1.29, 1.82) is 0 Å². The number of benzene rings is 3. The predicted molar refractivity (Wildman–Crippen MR) is 133 cm³/mol. The van der Waals surface area contributed by atoms with Crippen molar-refractivity contribution >= 4 is 6.09 Å². The smallest absolute Gasteiger partial charge is 0.410 e. The van der Waals surface area contributed by atoms with Gasteiger partial charge in [0.15, 0.2) is 0 Å². The van der Waals surface area contributed by atoms with Crippen molar-refractivity contribution in [2.45, 2.75) is 62.1 Å². The van der Waals surface area contributed by atoms with Crippen LogP contribution in [0.1, 0.15) is 66.7 Å². The van der Waals surface area contributed by atoms with Gasteiger partial charge in [0, 0.05) is 30.8 Å². The molecule has 0 radical (unpaired) electrons. The molecule has 2 saturated heterocycles. The summed E-state index contributed by atoms with van der Waals surface area (Å²) in [7, 11) is 0. The summed E-state index contributed by atoms with van der Waals surface area (Å²) in [6.45, 7) is 0.216. The Morgan fingerprint density at radius 3 is 2.14 bits per heavy atom. The van der Waals surface area contributed by atoms with Gasteiger partial charge in [-0.05, 0) is 53.1 Å². The van der Waals surface area contributed by atoms with Crippen molar-refractivity contribution in [2.24, 2.45) is 0 Å². The maximum atomic E-state index is 14.3. The number of carbonyl (C=O) groups is 1. The first-order chi connectivity index (χ1) is 17.9. The Bertz CT molecular complexity index is 1280. The largest absolute Gasteiger partial charge is 0.448 e. The highest BCUT2D eigenvalue weighted by molar-refractivity contribution is 5.79. The van der Waals surface area contributed by atoms with Gasteiger partial charge in [0.1, 0.15) is 12.4 Å². The van der Waals surface area contributed by atoms with Crippen LogP contribution in [0, 0.1) is 5.82 Å². The second-order valence-corrected chi connectivity index (χ2v) is 10.4. The lowest BCUT2D eigenvalue weighted by Crippen LogP contribution is -2.59. The molecule has 0 saturated carbocycles. The fraction of sp³-hybridized carbons (Fsp3) is 0.367. The molecule has 2 bridgehead atoms. The van der Waals surface area contributed by atoms with Gasteiger partial charge in [0.2, 0.25) is 0 Å². The first kappa shape index (κ1) is 24.0. The van der Waals surface area contributed by atoms with Crippen LogP contribution in [0.25, 0.3) is 11.1 Å². The Morgan fingerprint density at radius 1 is 0.973 bits per heavy atom. The average Bonchev–Trinajstić information content (AvgIpc) is 3.20. The molecule has 2 aliphatic heterocycles. The monoisotopic (exact) mass is 507 g/mol. The van der Waals surface area contributed by atoms with Crippen molar-refractivity contribution in [3.63, 3.8) is 0 Å². The lowest BCUT2D eigenvalue weighted by atomic mass is 9.72. The molecule has 192 valence electrons. The zero-order valence-corrected chi connectivity index (χ0v) is 20.2. The van der Waals surface area contributed by atoms with Crippen LogP contribution in [0.15, 0.2) is 66.7 Å². The van der Waals surface area contributed by atoms with Gasteiger partial charge in [0.25, 0.3) is 6.43 Å². The molecule has 2 unspecified atom stereocenters. The Hall–Kier alpha value is -3.32. The fourth-order valence-corrected chi connectivity index (χ4v) is 6.63. The molecule has 3 aliphatic rings. The number of aliphatic hydroxyl groups is 1. The van der Waals surface area contributed by atoms with E-state index in [-0.39, 0.29) is 43.0 Å². The minimum atomic E-state index is -2.92. The molecule has 1 N–H and O–H groups in total. The Kier molecular flexibility index (Phi) is 5.98. The summed E-state index contributed by atoms with van der Waals surface area (Å²) < 4.78 is 46.2. The zero-order valence-electron chi connectivity index (χ0n) is 20.2. The van der Waals surface area contributed by atoms with E-state index in [9.17, 15) is 23.1 Å². The number of carbonyl (C=O) groups excluding carboxylic acids is 1. The number of fused-ring (bicyclic) bond motifs is 5. The lowest BCUT2D eigenvalue weighted by Gasteiger charge is -2.51. The number of hydrogen-bond acceptors (Lipinski definition) is 3. The molecule has 3 aromatic rings. The van der Waals surface area contributed by atoms with Gasteiger partial charge >= 0.3 is 6.09 Å². The maximum absolute atomic E-state index is 14.3. The number of amides is 1. The van der Waals surface area contributed by atoms with E-state index in [0.29, 0.717) is 12.8 Å². The number of hydrogen-bond donors (Lipinski definition) is 1. The van der Waals surface area contributed by atoms with E-state index in [0.717, 1.165) is 40.8 Å². The van der Waals surface area contributed by atoms with E-state index >= 15 is 0 Å². The van der Waals surface area contributed by atoms with Crippen LogP contribution in [0.2, 0.25) is 0 Å². The molecule has 1 amide bonds. The van der Waals surface area contributed by atoms with Crippen molar-refractivity contribution in [1.82, 2.24) is 4.90 Å². The summed E-state index contributed by atoms with van der Waals surface area (Å²) in [5.41, 5.74) is 2.80. The second-order valence-electron chi connectivity index (χ2n) is 10.4. The van der Waals surface area contributed by atoms with Crippen molar-refractivity contribution in [3.05, 3.63) is 94.8 Å². The highest BCUT2D eigenvalue weighted by atomic mass is 19.3. The Labute approximate surface area is 213 Å². The van der Waals surface area contributed by atoms with Gasteiger partial charge < -0.3 is 14.7 Å². The van der Waals surface area contributed by atoms with Crippen LogP contribution in [0.4, 0.5) is 18.0 Å². The first-order valence-electron chi connectivity index (χ1n) is 12.8. The number of rotatable bonds is 4. The molecule has 2 heterocycles. The molecule has 2 fully saturated rings. The highest BCUT2D eigenvalue weighted by Crippen LogP contribution is 2.47. The van der Waals surface area contributed by atoms with Gasteiger partial charge in [-0.1, -0.05) is 60.7 Å². The molecule has 4 nitrogen and oxygen atoms in total. The topological polar surface area (TPSA) is 49.8 Å². The summed E-state index contributed by atoms with van der Waals surface area (Å²) in [6, 6.07) is 19.2. The molecule has 37 heavy (non-hydrogen) atoms. The van der Waals surface area contributed by atoms with Crippen molar-refractivity contribution < 1.29 is 27.8 Å². The minimum absolute atomic E-state index is 0.0470. The number of nitrogens with zero attached hydrogens (tertiary/aromatic N) is 1. The summed E-state index contributed by atoms with van der Waals surface area (Å²) in [4.78, 5) is 15.1. The van der Waals surface area contributed by atoms with E-state index in [4.69, 9.17) is 4.74 Å². The maximum Gasteiger partial charge on any atom is 0.410 e. The van der Waals surface area contributed by atoms with E-state index < -0.39 is 29.5 Å². The van der Waals surface area contributed by atoms with Gasteiger partial charge in [-0.3, -0.25) is 0 Å². The number of alkyl halides is 2. The highest BCUT2D eigenvalue weighted by Gasteiger charge is 2.49. The van der Waals surface area contributed by atoms with Gasteiger partial charge in [-0.15, -0.1) is 0 Å². The molecular formula is C30H28F3NO3. The quantitative estimate of drug-likeness (QED) is 0.417. The van der Waals surface area contributed by atoms with Gasteiger partial charge in [-0.25, -0.2) is 18.0 Å². The summed E-state index contributed by atoms with van der Waals surface area (Å²) in [5, 5.41) is 11.5. The SMILES string of the molecule is O=C(OCC1c2ccccc2-c2ccccc21)N1C2CCCC1CC(O)(c1ccc(C(F)F)c(F)c1)C2. The summed E-state index contributed by atoms with van der Waals surface area (Å²) in [5.74, 6) is -1.07. The normalized spacial score (nSPS) is 24.6. The average molecular weight is 508 g/mol. The van der Waals surface area contributed by atoms with Crippen molar-refractivity contribution in [2.75, 3.05) is 6.61 Å².